The first-order valence-corrected chi connectivity index (χ1v) is 11.9. The van der Waals surface area contributed by atoms with Gasteiger partial charge in [-0.25, -0.2) is 4.98 Å². The van der Waals surface area contributed by atoms with Crippen molar-refractivity contribution < 1.29 is 9.53 Å². The molecule has 1 aromatic carbocycles. The third kappa shape index (κ3) is 4.61. The van der Waals surface area contributed by atoms with Gasteiger partial charge >= 0.3 is 0 Å². The molecule has 3 aromatic heterocycles. The van der Waals surface area contributed by atoms with Crippen molar-refractivity contribution in [1.82, 2.24) is 24.8 Å². The lowest BCUT2D eigenvalue weighted by atomic mass is 9.79. The van der Waals surface area contributed by atoms with Crippen LogP contribution in [0.5, 0.6) is 5.75 Å². The number of amides is 1. The van der Waals surface area contributed by atoms with Gasteiger partial charge in [-0.15, -0.1) is 10.2 Å². The number of nitrogens with two attached hydrogens (primary N) is 1. The smallest absolute Gasteiger partial charge is 0.254 e. The number of anilines is 2. The summed E-state index contributed by atoms with van der Waals surface area (Å²) in [5.41, 5.74) is 8.28. The number of nitrogens with zero attached hydrogens (tertiary/aromatic N) is 7. The Balaban J connectivity index is 1.45. The molecule has 0 bridgehead atoms. The number of rotatable bonds is 6. The summed E-state index contributed by atoms with van der Waals surface area (Å²) in [5.74, 6) is 1.42. The fourth-order valence-electron chi connectivity index (χ4n) is 4.69. The van der Waals surface area contributed by atoms with Gasteiger partial charge < -0.3 is 20.7 Å². The molecule has 4 aromatic rings. The summed E-state index contributed by atoms with van der Waals surface area (Å²) in [5, 5.41) is 25.5. The Labute approximate surface area is 213 Å². The SMILES string of the molecule is COc1ccc(-c2cc3ncc(C(N)=O)c(NC4CCN(c5ccc(C#N)nn5)CC4(C)C)n3n2)cc1. The minimum absolute atomic E-state index is 0.00688. The van der Waals surface area contributed by atoms with Crippen molar-refractivity contribution in [3.63, 3.8) is 0 Å². The van der Waals surface area contributed by atoms with Crippen LogP contribution in [-0.2, 0) is 0 Å². The molecular weight excluding hydrogens is 470 g/mol. The van der Waals surface area contributed by atoms with E-state index < -0.39 is 5.91 Å². The molecule has 1 fully saturated rings. The van der Waals surface area contributed by atoms with Crippen LogP contribution in [0.1, 0.15) is 36.3 Å². The van der Waals surface area contributed by atoms with E-state index in [0.717, 1.165) is 30.1 Å². The molecule has 1 amide bonds. The molecule has 11 nitrogen and oxygen atoms in total. The molecule has 1 unspecified atom stereocenters. The number of carbonyl (C=O) groups is 1. The normalized spacial score (nSPS) is 16.8. The van der Waals surface area contributed by atoms with E-state index in [-0.39, 0.29) is 22.7 Å². The number of ether oxygens (including phenoxy) is 1. The molecule has 5 rings (SSSR count). The monoisotopic (exact) mass is 497 g/mol. The van der Waals surface area contributed by atoms with Gasteiger partial charge in [-0.05, 0) is 42.8 Å². The van der Waals surface area contributed by atoms with Crippen molar-refractivity contribution in [3.05, 3.63) is 59.9 Å². The minimum atomic E-state index is -0.582. The lowest BCUT2D eigenvalue weighted by Gasteiger charge is -2.45. The van der Waals surface area contributed by atoms with Crippen LogP contribution in [0.2, 0.25) is 0 Å². The second-order valence-corrected chi connectivity index (χ2v) is 9.70. The van der Waals surface area contributed by atoms with Crippen molar-refractivity contribution in [2.45, 2.75) is 26.3 Å². The number of carbonyl (C=O) groups excluding carboxylic acids is 1. The number of hydrogen-bond donors (Lipinski definition) is 2. The third-order valence-corrected chi connectivity index (χ3v) is 6.76. The van der Waals surface area contributed by atoms with Crippen LogP contribution in [0.15, 0.2) is 48.7 Å². The van der Waals surface area contributed by atoms with Crippen molar-refractivity contribution >= 4 is 23.2 Å². The standard InChI is InChI=1S/C26H27N9O2/c1-26(2)15-34(22-9-6-17(13-27)31-32-22)11-10-21(26)30-25-19(24(28)36)14-29-23-12-20(33-35(23)25)16-4-7-18(37-3)8-5-16/h4-9,12,14,21,30H,10-11,15H2,1-3H3,(H2,28,36). The van der Waals surface area contributed by atoms with Crippen molar-refractivity contribution in [3.8, 4) is 23.1 Å². The predicted octanol–water partition coefficient (Wildman–Crippen LogP) is 2.88. The Hall–Kier alpha value is -4.72. The molecule has 1 atom stereocenters. The summed E-state index contributed by atoms with van der Waals surface area (Å²) in [6.07, 6.45) is 2.26. The number of fused-ring (bicyclic) bond motifs is 1. The lowest BCUT2D eigenvalue weighted by molar-refractivity contribution is 0.1000. The first kappa shape index (κ1) is 24.0. The van der Waals surface area contributed by atoms with E-state index in [1.807, 2.05) is 42.5 Å². The molecule has 4 heterocycles. The van der Waals surface area contributed by atoms with E-state index in [4.69, 9.17) is 20.8 Å². The van der Waals surface area contributed by atoms with Crippen LogP contribution in [0.25, 0.3) is 16.9 Å². The highest BCUT2D eigenvalue weighted by Crippen LogP contribution is 2.34. The molecule has 37 heavy (non-hydrogen) atoms. The second-order valence-electron chi connectivity index (χ2n) is 9.70. The quantitative estimate of drug-likeness (QED) is 0.410. The molecule has 0 aliphatic carbocycles. The highest BCUT2D eigenvalue weighted by molar-refractivity contribution is 5.97. The van der Waals surface area contributed by atoms with Crippen LogP contribution >= 0.6 is 0 Å². The Morgan fingerprint density at radius 1 is 1.22 bits per heavy atom. The average molecular weight is 498 g/mol. The van der Waals surface area contributed by atoms with E-state index in [1.54, 1.807) is 17.7 Å². The number of nitriles is 1. The van der Waals surface area contributed by atoms with E-state index in [1.165, 1.54) is 6.20 Å². The number of primary amides is 1. The zero-order chi connectivity index (χ0) is 26.2. The van der Waals surface area contributed by atoms with E-state index in [0.29, 0.717) is 23.7 Å². The first-order chi connectivity index (χ1) is 17.8. The topological polar surface area (TPSA) is 147 Å². The Bertz CT molecular complexity index is 1490. The summed E-state index contributed by atoms with van der Waals surface area (Å²) in [7, 11) is 1.62. The largest absolute Gasteiger partial charge is 0.497 e. The molecule has 1 saturated heterocycles. The number of methoxy groups -OCH3 is 1. The van der Waals surface area contributed by atoms with Gasteiger partial charge in [-0.2, -0.15) is 14.9 Å². The fourth-order valence-corrected chi connectivity index (χ4v) is 4.69. The van der Waals surface area contributed by atoms with Gasteiger partial charge in [-0.1, -0.05) is 13.8 Å². The van der Waals surface area contributed by atoms with Crippen LogP contribution in [-0.4, -0.2) is 56.9 Å². The van der Waals surface area contributed by atoms with E-state index in [9.17, 15) is 4.79 Å². The number of nitrogens with one attached hydrogen (secondary N) is 1. The zero-order valence-corrected chi connectivity index (χ0v) is 20.8. The van der Waals surface area contributed by atoms with Gasteiger partial charge in [0.05, 0.1) is 18.4 Å². The summed E-state index contributed by atoms with van der Waals surface area (Å²) in [4.78, 5) is 18.9. The van der Waals surface area contributed by atoms with Crippen molar-refractivity contribution in [2.75, 3.05) is 30.4 Å². The molecule has 1 aliphatic heterocycles. The Morgan fingerprint density at radius 3 is 2.62 bits per heavy atom. The highest BCUT2D eigenvalue weighted by atomic mass is 16.5. The lowest BCUT2D eigenvalue weighted by Crippen LogP contribution is -2.52. The maximum atomic E-state index is 12.3. The summed E-state index contributed by atoms with van der Waals surface area (Å²) in [6, 6.07) is 14.9. The molecular formula is C26H27N9O2. The maximum Gasteiger partial charge on any atom is 0.254 e. The van der Waals surface area contributed by atoms with Gasteiger partial charge in [0.25, 0.3) is 5.91 Å². The van der Waals surface area contributed by atoms with Crippen LogP contribution < -0.4 is 20.7 Å². The van der Waals surface area contributed by atoms with Gasteiger partial charge in [-0.3, -0.25) is 4.79 Å². The maximum absolute atomic E-state index is 12.3. The minimum Gasteiger partial charge on any atom is -0.497 e. The van der Waals surface area contributed by atoms with Crippen LogP contribution in [0, 0.1) is 16.7 Å². The summed E-state index contributed by atoms with van der Waals surface area (Å²) < 4.78 is 6.90. The number of benzene rings is 1. The van der Waals surface area contributed by atoms with Crippen LogP contribution in [0.3, 0.4) is 0 Å². The molecule has 3 N–H and O–H groups in total. The number of hydrogen-bond acceptors (Lipinski definition) is 9. The van der Waals surface area contributed by atoms with Gasteiger partial charge in [0, 0.05) is 42.4 Å². The van der Waals surface area contributed by atoms with Gasteiger partial charge in [0.15, 0.2) is 17.2 Å². The summed E-state index contributed by atoms with van der Waals surface area (Å²) in [6.45, 7) is 5.73. The second kappa shape index (κ2) is 9.39. The van der Waals surface area contributed by atoms with E-state index in [2.05, 4.69) is 39.2 Å². The third-order valence-electron chi connectivity index (χ3n) is 6.76. The molecule has 0 radical (unpaired) electrons. The van der Waals surface area contributed by atoms with Crippen LogP contribution in [0.4, 0.5) is 11.6 Å². The Kier molecular flexibility index (Phi) is 6.09. The average Bonchev–Trinajstić information content (AvgIpc) is 3.34. The first-order valence-electron chi connectivity index (χ1n) is 11.9. The molecule has 11 heteroatoms. The molecule has 1 aliphatic rings. The predicted molar refractivity (Wildman–Crippen MR) is 138 cm³/mol. The summed E-state index contributed by atoms with van der Waals surface area (Å²) >= 11 is 0. The zero-order valence-electron chi connectivity index (χ0n) is 20.8. The molecule has 0 spiro atoms. The number of aromatic nitrogens is 5. The van der Waals surface area contributed by atoms with Crippen molar-refractivity contribution in [1.29, 1.82) is 5.26 Å². The molecule has 188 valence electrons. The fraction of sp³-hybridized carbons (Fsp3) is 0.308. The Morgan fingerprint density at radius 2 is 2.00 bits per heavy atom. The van der Waals surface area contributed by atoms with Gasteiger partial charge in [0.2, 0.25) is 0 Å². The van der Waals surface area contributed by atoms with Gasteiger partial charge in [0.1, 0.15) is 17.6 Å². The van der Waals surface area contributed by atoms with Crippen molar-refractivity contribution in [2.24, 2.45) is 11.1 Å². The highest BCUT2D eigenvalue weighted by Gasteiger charge is 2.37. The molecule has 0 saturated carbocycles. The van der Waals surface area contributed by atoms with E-state index >= 15 is 0 Å². The number of piperidine rings is 1.